The molecular formula is C17H19N3O3. The monoisotopic (exact) mass is 313 g/mol. The quantitative estimate of drug-likeness (QED) is 0.851. The van der Waals surface area contributed by atoms with Crippen molar-refractivity contribution in [2.24, 2.45) is 0 Å². The molecule has 1 aromatic carbocycles. The number of hydrogen-bond acceptors (Lipinski definition) is 5. The molecule has 0 aliphatic carbocycles. The minimum absolute atomic E-state index is 0.104. The van der Waals surface area contributed by atoms with Crippen LogP contribution >= 0.6 is 0 Å². The number of nitrogens with zero attached hydrogens (tertiary/aromatic N) is 2. The second-order valence-electron chi connectivity index (χ2n) is 6.59. The van der Waals surface area contributed by atoms with Crippen molar-refractivity contribution in [3.8, 4) is 5.75 Å². The number of carbonyl (C=O) groups excluding carboxylic acids is 1. The zero-order valence-corrected chi connectivity index (χ0v) is 13.4. The average Bonchev–Trinajstić information content (AvgIpc) is 3.20. The SMILES string of the molecule is CC(=O)Nc1ccc2c(c1)OC(C)(C)CN2C12C=CC=CN1O2. The maximum Gasteiger partial charge on any atom is 0.288 e. The molecule has 1 unspecified atom stereocenters. The maximum atomic E-state index is 11.3. The predicted octanol–water partition coefficient (Wildman–Crippen LogP) is 2.61. The van der Waals surface area contributed by atoms with Crippen LogP contribution in [0.2, 0.25) is 0 Å². The second kappa shape index (κ2) is 4.52. The molecule has 120 valence electrons. The van der Waals surface area contributed by atoms with Crippen LogP contribution < -0.4 is 15.0 Å². The molecule has 0 bridgehead atoms. The highest BCUT2D eigenvalue weighted by Crippen LogP contribution is 2.50. The fourth-order valence-corrected chi connectivity index (χ4v) is 3.11. The van der Waals surface area contributed by atoms with Gasteiger partial charge in [-0.15, -0.1) is 0 Å². The van der Waals surface area contributed by atoms with Gasteiger partial charge in [-0.25, -0.2) is 4.84 Å². The van der Waals surface area contributed by atoms with Gasteiger partial charge in [0.25, 0.3) is 5.85 Å². The Hall–Kier alpha value is -2.47. The van der Waals surface area contributed by atoms with E-state index in [1.807, 2.05) is 61.5 Å². The summed E-state index contributed by atoms with van der Waals surface area (Å²) < 4.78 is 6.12. The van der Waals surface area contributed by atoms with E-state index < -0.39 is 5.85 Å². The van der Waals surface area contributed by atoms with E-state index in [0.29, 0.717) is 6.54 Å². The summed E-state index contributed by atoms with van der Waals surface area (Å²) in [4.78, 5) is 19.3. The number of rotatable bonds is 2. The Morgan fingerprint density at radius 1 is 1.30 bits per heavy atom. The summed E-state index contributed by atoms with van der Waals surface area (Å²) in [6, 6.07) is 5.69. The number of benzene rings is 1. The third kappa shape index (κ3) is 2.26. The van der Waals surface area contributed by atoms with Gasteiger partial charge in [-0.05, 0) is 38.1 Å². The molecule has 0 spiro atoms. The van der Waals surface area contributed by atoms with E-state index in [1.54, 1.807) is 0 Å². The Balaban J connectivity index is 1.74. The van der Waals surface area contributed by atoms with Crippen LogP contribution in [0.4, 0.5) is 11.4 Å². The molecule has 1 atom stereocenters. The summed E-state index contributed by atoms with van der Waals surface area (Å²) in [5.41, 5.74) is 1.29. The first kappa shape index (κ1) is 14.1. The zero-order valence-electron chi connectivity index (χ0n) is 13.4. The predicted molar refractivity (Wildman–Crippen MR) is 86.7 cm³/mol. The van der Waals surface area contributed by atoms with Gasteiger partial charge in [-0.1, -0.05) is 6.08 Å². The van der Waals surface area contributed by atoms with E-state index in [2.05, 4.69) is 10.2 Å². The first-order valence-electron chi connectivity index (χ1n) is 7.62. The van der Waals surface area contributed by atoms with Crippen LogP contribution in [0.3, 0.4) is 0 Å². The molecule has 0 radical (unpaired) electrons. The van der Waals surface area contributed by atoms with Crippen molar-refractivity contribution in [3.63, 3.8) is 0 Å². The number of carbonyl (C=O) groups is 1. The van der Waals surface area contributed by atoms with Gasteiger partial charge < -0.3 is 15.0 Å². The standard InChI is InChI=1S/C17H19N3O3/c1-12(21)18-13-6-7-14-15(10-13)22-16(2,3)11-19(14)17-8-4-5-9-20(17)23-17/h4-10H,11H2,1-3H3,(H,18,21). The number of nitrogens with one attached hydrogen (secondary N) is 1. The summed E-state index contributed by atoms with van der Waals surface area (Å²) in [5, 5.41) is 4.61. The van der Waals surface area contributed by atoms with Gasteiger partial charge in [0.1, 0.15) is 11.4 Å². The maximum absolute atomic E-state index is 11.3. The van der Waals surface area contributed by atoms with Crippen LogP contribution in [-0.2, 0) is 9.63 Å². The second-order valence-corrected chi connectivity index (χ2v) is 6.59. The van der Waals surface area contributed by atoms with Crippen LogP contribution in [0, 0.1) is 0 Å². The van der Waals surface area contributed by atoms with Gasteiger partial charge >= 0.3 is 0 Å². The first-order valence-corrected chi connectivity index (χ1v) is 7.62. The molecule has 1 N–H and O–H groups in total. The number of allylic oxidation sites excluding steroid dienone is 2. The summed E-state index contributed by atoms with van der Waals surface area (Å²) >= 11 is 0. The van der Waals surface area contributed by atoms with Gasteiger partial charge in [-0.3, -0.25) is 4.79 Å². The Kier molecular flexibility index (Phi) is 2.78. The van der Waals surface area contributed by atoms with Gasteiger partial charge in [0, 0.05) is 24.9 Å². The first-order chi connectivity index (χ1) is 10.9. The smallest absolute Gasteiger partial charge is 0.288 e. The van der Waals surface area contributed by atoms with Crippen molar-refractivity contribution in [3.05, 3.63) is 42.6 Å². The minimum atomic E-state index is -0.569. The Bertz CT molecular complexity index is 741. The lowest BCUT2D eigenvalue weighted by atomic mass is 10.0. The normalized spacial score (nSPS) is 26.2. The van der Waals surface area contributed by atoms with Crippen molar-refractivity contribution < 1.29 is 14.4 Å². The Morgan fingerprint density at radius 3 is 2.87 bits per heavy atom. The molecule has 23 heavy (non-hydrogen) atoms. The molecule has 1 aromatic rings. The van der Waals surface area contributed by atoms with E-state index in [9.17, 15) is 4.79 Å². The fraction of sp³-hybridized carbons (Fsp3) is 0.353. The van der Waals surface area contributed by atoms with Gasteiger partial charge in [0.05, 0.1) is 12.2 Å². The summed E-state index contributed by atoms with van der Waals surface area (Å²) in [7, 11) is 0. The number of hydroxylamine groups is 2. The molecule has 0 saturated carbocycles. The summed E-state index contributed by atoms with van der Waals surface area (Å²) in [6.07, 6.45) is 7.86. The van der Waals surface area contributed by atoms with Crippen molar-refractivity contribution >= 4 is 17.3 Å². The van der Waals surface area contributed by atoms with Crippen LogP contribution in [0.15, 0.2) is 42.6 Å². The number of ether oxygens (including phenoxy) is 1. The molecule has 1 amide bonds. The molecular weight excluding hydrogens is 294 g/mol. The third-order valence-electron chi connectivity index (χ3n) is 4.04. The van der Waals surface area contributed by atoms with Crippen LogP contribution in [0.25, 0.3) is 0 Å². The van der Waals surface area contributed by atoms with Gasteiger partial charge in [-0.2, -0.15) is 5.06 Å². The summed E-state index contributed by atoms with van der Waals surface area (Å²) in [5.74, 6) is 0.0628. The van der Waals surface area contributed by atoms with Crippen LogP contribution in [0.5, 0.6) is 5.75 Å². The molecule has 6 nitrogen and oxygen atoms in total. The molecule has 0 aromatic heterocycles. The molecule has 1 saturated heterocycles. The molecule has 3 aliphatic heterocycles. The number of amides is 1. The Morgan fingerprint density at radius 2 is 2.13 bits per heavy atom. The van der Waals surface area contributed by atoms with E-state index in [1.165, 1.54) is 6.92 Å². The lowest BCUT2D eigenvalue weighted by Gasteiger charge is -2.42. The van der Waals surface area contributed by atoms with E-state index in [-0.39, 0.29) is 11.5 Å². The molecule has 3 heterocycles. The van der Waals surface area contributed by atoms with E-state index >= 15 is 0 Å². The molecule has 4 rings (SSSR count). The third-order valence-corrected chi connectivity index (χ3v) is 4.04. The molecule has 6 heteroatoms. The Labute approximate surface area is 134 Å². The van der Waals surface area contributed by atoms with E-state index in [0.717, 1.165) is 17.1 Å². The van der Waals surface area contributed by atoms with Gasteiger partial charge in [0.15, 0.2) is 0 Å². The highest BCUT2D eigenvalue weighted by atomic mass is 16.9. The lowest BCUT2D eigenvalue weighted by Crippen LogP contribution is -2.53. The minimum Gasteiger partial charge on any atom is -0.484 e. The molecule has 3 aliphatic rings. The lowest BCUT2D eigenvalue weighted by molar-refractivity contribution is -0.114. The van der Waals surface area contributed by atoms with Crippen LogP contribution in [0.1, 0.15) is 20.8 Å². The zero-order chi connectivity index (χ0) is 16.2. The average molecular weight is 313 g/mol. The topological polar surface area (TPSA) is 57.1 Å². The number of anilines is 2. The van der Waals surface area contributed by atoms with Crippen molar-refractivity contribution in [2.45, 2.75) is 32.2 Å². The highest BCUT2D eigenvalue weighted by Gasteiger charge is 2.60. The molecule has 1 fully saturated rings. The van der Waals surface area contributed by atoms with Gasteiger partial charge in [0.2, 0.25) is 5.91 Å². The largest absolute Gasteiger partial charge is 0.484 e. The summed E-state index contributed by atoms with van der Waals surface area (Å²) in [6.45, 7) is 6.26. The number of fused-ring (bicyclic) bond motifs is 2. The van der Waals surface area contributed by atoms with Crippen LogP contribution in [-0.4, -0.2) is 29.0 Å². The van der Waals surface area contributed by atoms with Crippen molar-refractivity contribution in [2.75, 3.05) is 16.8 Å². The van der Waals surface area contributed by atoms with Crippen molar-refractivity contribution in [1.29, 1.82) is 0 Å². The number of hydrogen-bond donors (Lipinski definition) is 1. The van der Waals surface area contributed by atoms with E-state index in [4.69, 9.17) is 9.57 Å². The highest BCUT2D eigenvalue weighted by molar-refractivity contribution is 5.89. The van der Waals surface area contributed by atoms with Crippen molar-refractivity contribution in [1.82, 2.24) is 5.06 Å². The fourth-order valence-electron chi connectivity index (χ4n) is 3.11.